The summed E-state index contributed by atoms with van der Waals surface area (Å²) >= 11 is 0. The normalized spacial score (nSPS) is 24.1. The van der Waals surface area contributed by atoms with Crippen molar-refractivity contribution in [2.45, 2.75) is 44.4 Å². The van der Waals surface area contributed by atoms with Crippen molar-refractivity contribution in [3.05, 3.63) is 24.0 Å². The number of aliphatic hydroxyl groups excluding tert-OH is 1. The monoisotopic (exact) mass is 366 g/mol. The lowest BCUT2D eigenvalue weighted by molar-refractivity contribution is -0.141. The zero-order valence-corrected chi connectivity index (χ0v) is 14.5. The number of hydrogen-bond acceptors (Lipinski definition) is 4. The number of alkyl halides is 3. The number of rotatable bonds is 2. The molecule has 2 rings (SSSR count). The molecule has 1 fully saturated rings. The molecule has 0 aliphatic carbocycles. The third-order valence-electron chi connectivity index (χ3n) is 4.32. The van der Waals surface area contributed by atoms with Crippen LogP contribution in [0.2, 0.25) is 0 Å². The number of pyridine rings is 1. The SMILES string of the molecule is CC(C)(C)C1CCN(S(=O)(=O)c2ccc(C(F)(F)F)nc2)CC1O. The molecule has 2 atom stereocenters. The van der Waals surface area contributed by atoms with Gasteiger partial charge in [-0.25, -0.2) is 8.42 Å². The molecule has 1 aliphatic rings. The lowest BCUT2D eigenvalue weighted by atomic mass is 9.74. The van der Waals surface area contributed by atoms with Crippen LogP contribution in [0.3, 0.4) is 0 Å². The van der Waals surface area contributed by atoms with E-state index in [1.165, 1.54) is 0 Å². The van der Waals surface area contributed by atoms with Gasteiger partial charge in [-0.2, -0.15) is 17.5 Å². The van der Waals surface area contributed by atoms with Gasteiger partial charge in [0, 0.05) is 19.3 Å². The maximum absolute atomic E-state index is 12.5. The fourth-order valence-corrected chi connectivity index (χ4v) is 4.40. The van der Waals surface area contributed by atoms with E-state index < -0.39 is 28.0 Å². The number of aromatic nitrogens is 1. The van der Waals surface area contributed by atoms with E-state index in [1.807, 2.05) is 20.8 Å². The molecule has 24 heavy (non-hydrogen) atoms. The maximum Gasteiger partial charge on any atom is 0.433 e. The Bertz CT molecular complexity index is 681. The third-order valence-corrected chi connectivity index (χ3v) is 6.17. The average molecular weight is 366 g/mol. The summed E-state index contributed by atoms with van der Waals surface area (Å²) in [6, 6.07) is 1.54. The molecule has 0 radical (unpaired) electrons. The molecule has 2 unspecified atom stereocenters. The lowest BCUT2D eigenvalue weighted by Crippen LogP contribution is -2.49. The molecule has 0 amide bonds. The Morgan fingerprint density at radius 3 is 2.29 bits per heavy atom. The molecule has 9 heteroatoms. The molecule has 1 saturated heterocycles. The molecule has 0 saturated carbocycles. The number of β-amino-alcohol motifs (C(OH)–C–C–N with tert-alkyl or cyclic N) is 1. The van der Waals surface area contributed by atoms with Crippen LogP contribution in [-0.4, -0.2) is 42.0 Å². The highest BCUT2D eigenvalue weighted by Crippen LogP contribution is 2.36. The second-order valence-electron chi connectivity index (χ2n) is 7.07. The van der Waals surface area contributed by atoms with Gasteiger partial charge in [-0.1, -0.05) is 20.8 Å². The van der Waals surface area contributed by atoms with Crippen molar-refractivity contribution >= 4 is 10.0 Å². The molecule has 1 aromatic heterocycles. The van der Waals surface area contributed by atoms with Crippen LogP contribution in [-0.2, 0) is 16.2 Å². The van der Waals surface area contributed by atoms with Gasteiger partial charge >= 0.3 is 6.18 Å². The number of nitrogens with zero attached hydrogens (tertiary/aromatic N) is 2. The molecule has 1 aromatic rings. The van der Waals surface area contributed by atoms with Gasteiger partial charge in [-0.3, -0.25) is 4.98 Å². The molecule has 0 bridgehead atoms. The van der Waals surface area contributed by atoms with Crippen LogP contribution < -0.4 is 0 Å². The summed E-state index contributed by atoms with van der Waals surface area (Å²) in [5.74, 6) is -0.0466. The minimum absolute atomic E-state index is 0.0466. The summed E-state index contributed by atoms with van der Waals surface area (Å²) in [4.78, 5) is 2.88. The summed E-state index contributed by atoms with van der Waals surface area (Å²) in [6.07, 6.45) is -4.25. The first-order chi connectivity index (χ1) is 10.8. The van der Waals surface area contributed by atoms with E-state index in [-0.39, 0.29) is 29.3 Å². The van der Waals surface area contributed by atoms with Crippen molar-refractivity contribution < 1.29 is 26.7 Å². The predicted molar refractivity (Wildman–Crippen MR) is 81.6 cm³/mol. The Kier molecular flexibility index (Phi) is 5.00. The summed E-state index contributed by atoms with van der Waals surface area (Å²) in [5, 5.41) is 10.3. The van der Waals surface area contributed by atoms with Crippen LogP contribution in [0, 0.1) is 11.3 Å². The summed E-state index contributed by atoms with van der Waals surface area (Å²) in [5.41, 5.74) is -1.31. The average Bonchev–Trinajstić information content (AvgIpc) is 2.45. The highest BCUT2D eigenvalue weighted by molar-refractivity contribution is 7.89. The summed E-state index contributed by atoms with van der Waals surface area (Å²) in [6.45, 7) is 6.06. The fraction of sp³-hybridized carbons (Fsp3) is 0.667. The molecule has 0 aromatic carbocycles. The van der Waals surface area contributed by atoms with E-state index in [0.717, 1.165) is 10.4 Å². The van der Waals surface area contributed by atoms with E-state index in [0.29, 0.717) is 18.7 Å². The van der Waals surface area contributed by atoms with Gasteiger partial charge in [0.15, 0.2) is 0 Å². The zero-order chi connectivity index (χ0) is 18.3. The van der Waals surface area contributed by atoms with Crippen molar-refractivity contribution in [2.75, 3.05) is 13.1 Å². The Balaban J connectivity index is 2.20. The minimum atomic E-state index is -4.62. The van der Waals surface area contributed by atoms with Crippen LogP contribution in [0.15, 0.2) is 23.2 Å². The van der Waals surface area contributed by atoms with Gasteiger partial charge in [0.1, 0.15) is 10.6 Å². The van der Waals surface area contributed by atoms with Gasteiger partial charge in [0.25, 0.3) is 0 Å². The van der Waals surface area contributed by atoms with Crippen LogP contribution in [0.25, 0.3) is 0 Å². The van der Waals surface area contributed by atoms with Crippen molar-refractivity contribution in [1.82, 2.24) is 9.29 Å². The first-order valence-corrected chi connectivity index (χ1v) is 8.99. The van der Waals surface area contributed by atoms with Gasteiger partial charge in [-0.05, 0) is 29.9 Å². The topological polar surface area (TPSA) is 70.5 Å². The standard InChI is InChI=1S/C15H21F3N2O3S/c1-14(2,3)11-6-7-20(9-12(11)21)24(22,23)10-4-5-13(19-8-10)15(16,17)18/h4-5,8,11-12,21H,6-7,9H2,1-3H3. The Morgan fingerprint density at radius 2 is 1.88 bits per heavy atom. The van der Waals surface area contributed by atoms with Gasteiger partial charge in [-0.15, -0.1) is 0 Å². The van der Waals surface area contributed by atoms with Crippen LogP contribution in [0.5, 0.6) is 0 Å². The largest absolute Gasteiger partial charge is 0.433 e. The Morgan fingerprint density at radius 1 is 1.25 bits per heavy atom. The summed E-state index contributed by atoms with van der Waals surface area (Å²) < 4.78 is 63.8. The highest BCUT2D eigenvalue weighted by atomic mass is 32.2. The molecule has 5 nitrogen and oxygen atoms in total. The second-order valence-corrected chi connectivity index (χ2v) is 9.01. The maximum atomic E-state index is 12.5. The van der Waals surface area contributed by atoms with Gasteiger partial charge in [0.2, 0.25) is 10.0 Å². The first kappa shape index (κ1) is 19.1. The first-order valence-electron chi connectivity index (χ1n) is 7.55. The minimum Gasteiger partial charge on any atom is -0.391 e. The van der Waals surface area contributed by atoms with Gasteiger partial charge < -0.3 is 5.11 Å². The van der Waals surface area contributed by atoms with Crippen molar-refractivity contribution in [3.8, 4) is 0 Å². The lowest BCUT2D eigenvalue weighted by Gasteiger charge is -2.41. The number of piperidine rings is 1. The number of hydrogen-bond donors (Lipinski definition) is 1. The van der Waals surface area contributed by atoms with E-state index in [9.17, 15) is 26.7 Å². The number of sulfonamides is 1. The molecular formula is C15H21F3N2O3S. The number of halogens is 3. The van der Waals surface area contributed by atoms with E-state index in [4.69, 9.17) is 0 Å². The van der Waals surface area contributed by atoms with Gasteiger partial charge in [0.05, 0.1) is 6.10 Å². The summed E-state index contributed by atoms with van der Waals surface area (Å²) in [7, 11) is -3.98. The smallest absolute Gasteiger partial charge is 0.391 e. The van der Waals surface area contributed by atoms with E-state index in [1.54, 1.807) is 0 Å². The second kappa shape index (κ2) is 6.27. The van der Waals surface area contributed by atoms with E-state index >= 15 is 0 Å². The fourth-order valence-electron chi connectivity index (χ4n) is 2.98. The highest BCUT2D eigenvalue weighted by Gasteiger charge is 2.40. The van der Waals surface area contributed by atoms with Crippen molar-refractivity contribution in [2.24, 2.45) is 11.3 Å². The Hall–Kier alpha value is -1.19. The van der Waals surface area contributed by atoms with E-state index in [2.05, 4.69) is 4.98 Å². The molecule has 2 heterocycles. The molecular weight excluding hydrogens is 345 g/mol. The van der Waals surface area contributed by atoms with Crippen LogP contribution >= 0.6 is 0 Å². The third kappa shape index (κ3) is 3.89. The van der Waals surface area contributed by atoms with Crippen molar-refractivity contribution in [1.29, 1.82) is 0 Å². The van der Waals surface area contributed by atoms with Crippen LogP contribution in [0.4, 0.5) is 13.2 Å². The Labute approximate surface area is 139 Å². The number of aliphatic hydroxyl groups is 1. The molecule has 0 spiro atoms. The molecule has 1 aliphatic heterocycles. The zero-order valence-electron chi connectivity index (χ0n) is 13.7. The van der Waals surface area contributed by atoms with Crippen molar-refractivity contribution in [3.63, 3.8) is 0 Å². The van der Waals surface area contributed by atoms with Crippen LogP contribution in [0.1, 0.15) is 32.9 Å². The quantitative estimate of drug-likeness (QED) is 0.873. The molecule has 136 valence electrons. The predicted octanol–water partition coefficient (Wildman–Crippen LogP) is 2.52. The molecule has 1 N–H and O–H groups in total.